The number of alkyl halides is 1. The highest BCUT2D eigenvalue weighted by molar-refractivity contribution is 7.99. The van der Waals surface area contributed by atoms with E-state index in [1.807, 2.05) is 28.8 Å². The number of aromatic nitrogens is 3. The normalized spacial score (nSPS) is 11.0. The molecule has 2 aromatic heterocycles. The molecule has 0 aliphatic heterocycles. The molecular formula is C10H12ClN3S. The van der Waals surface area contributed by atoms with Crippen LogP contribution in [0.5, 0.6) is 0 Å². The average molecular weight is 242 g/mol. The molecule has 0 atom stereocenters. The highest BCUT2D eigenvalue weighted by Crippen LogP contribution is 2.17. The summed E-state index contributed by atoms with van der Waals surface area (Å²) in [6.07, 6.45) is 4.17. The van der Waals surface area contributed by atoms with Gasteiger partial charge in [-0.25, -0.2) is 0 Å². The third-order valence-corrected chi connectivity index (χ3v) is 3.34. The lowest BCUT2D eigenvalue weighted by Gasteiger charge is -1.98. The lowest BCUT2D eigenvalue weighted by molar-refractivity contribution is 0.884. The fourth-order valence-electron chi connectivity index (χ4n) is 1.28. The summed E-state index contributed by atoms with van der Waals surface area (Å²) < 4.78 is 2.01. The molecule has 0 radical (unpaired) electrons. The number of nitrogens with zero attached hydrogens (tertiary/aromatic N) is 3. The van der Waals surface area contributed by atoms with Gasteiger partial charge in [0.2, 0.25) is 0 Å². The quantitative estimate of drug-likeness (QED) is 0.458. The smallest absolute Gasteiger partial charge is 0.195 e. The van der Waals surface area contributed by atoms with Gasteiger partial charge in [-0.2, -0.15) is 0 Å². The molecule has 0 saturated heterocycles. The number of fused-ring (bicyclic) bond motifs is 1. The maximum absolute atomic E-state index is 5.61. The Morgan fingerprint density at radius 3 is 3.07 bits per heavy atom. The van der Waals surface area contributed by atoms with Crippen molar-refractivity contribution in [1.29, 1.82) is 0 Å². The van der Waals surface area contributed by atoms with Crippen LogP contribution in [0, 0.1) is 0 Å². The van der Waals surface area contributed by atoms with Crippen molar-refractivity contribution in [3.8, 4) is 0 Å². The molecule has 0 aliphatic rings. The van der Waals surface area contributed by atoms with E-state index in [4.69, 9.17) is 11.6 Å². The number of pyridine rings is 1. The zero-order chi connectivity index (χ0) is 10.5. The largest absolute Gasteiger partial charge is 0.277 e. The van der Waals surface area contributed by atoms with E-state index in [1.54, 1.807) is 11.8 Å². The van der Waals surface area contributed by atoms with Crippen LogP contribution >= 0.6 is 23.4 Å². The van der Waals surface area contributed by atoms with Gasteiger partial charge < -0.3 is 0 Å². The van der Waals surface area contributed by atoms with Gasteiger partial charge in [0.25, 0.3) is 0 Å². The molecule has 5 heteroatoms. The third kappa shape index (κ3) is 2.63. The van der Waals surface area contributed by atoms with Gasteiger partial charge in [-0.05, 0) is 25.0 Å². The standard InChI is InChI=1S/C10H12ClN3S/c11-6-2-4-8-15-10-13-12-9-5-1-3-7-14(9)10/h1,3,5,7H,2,4,6,8H2. The highest BCUT2D eigenvalue weighted by Gasteiger charge is 2.03. The van der Waals surface area contributed by atoms with Gasteiger partial charge in [-0.3, -0.25) is 4.40 Å². The minimum atomic E-state index is 0.737. The van der Waals surface area contributed by atoms with E-state index in [9.17, 15) is 0 Å². The minimum absolute atomic E-state index is 0.737. The molecule has 2 rings (SSSR count). The Bertz CT molecular complexity index is 429. The number of hydrogen-bond acceptors (Lipinski definition) is 3. The SMILES string of the molecule is ClCCCCSc1nnc2ccccn12. The Morgan fingerprint density at radius 2 is 2.20 bits per heavy atom. The van der Waals surface area contributed by atoms with E-state index >= 15 is 0 Å². The molecule has 0 spiro atoms. The molecule has 0 aromatic carbocycles. The van der Waals surface area contributed by atoms with Crippen LogP contribution in [-0.2, 0) is 0 Å². The molecule has 15 heavy (non-hydrogen) atoms. The molecule has 0 unspecified atom stereocenters. The van der Waals surface area contributed by atoms with Crippen molar-refractivity contribution in [2.24, 2.45) is 0 Å². The molecule has 80 valence electrons. The van der Waals surface area contributed by atoms with Crippen LogP contribution in [0.1, 0.15) is 12.8 Å². The predicted molar refractivity (Wildman–Crippen MR) is 63.7 cm³/mol. The number of unbranched alkanes of at least 4 members (excludes halogenated alkanes) is 1. The Morgan fingerprint density at radius 1 is 1.27 bits per heavy atom. The average Bonchev–Trinajstić information content (AvgIpc) is 2.68. The van der Waals surface area contributed by atoms with Crippen LogP contribution < -0.4 is 0 Å². The first-order valence-corrected chi connectivity index (χ1v) is 6.42. The second kappa shape index (κ2) is 5.37. The molecule has 0 fully saturated rings. The Hall–Kier alpha value is -0.740. The number of hydrogen-bond donors (Lipinski definition) is 0. The van der Waals surface area contributed by atoms with Gasteiger partial charge in [0.05, 0.1) is 0 Å². The maximum Gasteiger partial charge on any atom is 0.195 e. The molecular weight excluding hydrogens is 230 g/mol. The van der Waals surface area contributed by atoms with Crippen molar-refractivity contribution in [2.45, 2.75) is 18.0 Å². The monoisotopic (exact) mass is 241 g/mol. The van der Waals surface area contributed by atoms with Crippen molar-refractivity contribution in [3.63, 3.8) is 0 Å². The highest BCUT2D eigenvalue weighted by atomic mass is 35.5. The molecule has 2 heterocycles. The molecule has 0 amide bonds. The Kier molecular flexibility index (Phi) is 3.86. The minimum Gasteiger partial charge on any atom is -0.277 e. The first-order valence-electron chi connectivity index (χ1n) is 4.90. The second-order valence-corrected chi connectivity index (χ2v) is 4.60. The lowest BCUT2D eigenvalue weighted by Crippen LogP contribution is -1.88. The van der Waals surface area contributed by atoms with Crippen molar-refractivity contribution in [2.75, 3.05) is 11.6 Å². The second-order valence-electron chi connectivity index (χ2n) is 3.16. The van der Waals surface area contributed by atoms with Crippen LogP contribution in [0.2, 0.25) is 0 Å². The molecule has 0 bridgehead atoms. The Labute approximate surface area is 97.8 Å². The topological polar surface area (TPSA) is 30.2 Å². The van der Waals surface area contributed by atoms with Gasteiger partial charge in [0.15, 0.2) is 10.8 Å². The summed E-state index contributed by atoms with van der Waals surface area (Å²) in [7, 11) is 0. The fraction of sp³-hybridized carbons (Fsp3) is 0.400. The van der Waals surface area contributed by atoms with Crippen LogP contribution in [0.15, 0.2) is 29.6 Å². The maximum atomic E-state index is 5.61. The van der Waals surface area contributed by atoms with Gasteiger partial charge in [-0.1, -0.05) is 17.8 Å². The van der Waals surface area contributed by atoms with Gasteiger partial charge >= 0.3 is 0 Å². The lowest BCUT2D eigenvalue weighted by atomic mass is 10.4. The zero-order valence-electron chi connectivity index (χ0n) is 8.27. The summed E-state index contributed by atoms with van der Waals surface area (Å²) >= 11 is 7.34. The number of halogens is 1. The van der Waals surface area contributed by atoms with E-state index in [0.717, 1.165) is 35.3 Å². The zero-order valence-corrected chi connectivity index (χ0v) is 9.84. The summed E-state index contributed by atoms with van der Waals surface area (Å²) in [5, 5.41) is 9.18. The van der Waals surface area contributed by atoms with E-state index < -0.39 is 0 Å². The summed E-state index contributed by atoms with van der Waals surface area (Å²) in [5.74, 6) is 1.78. The van der Waals surface area contributed by atoms with E-state index in [1.165, 1.54) is 0 Å². The van der Waals surface area contributed by atoms with Crippen molar-refractivity contribution >= 4 is 29.0 Å². The van der Waals surface area contributed by atoms with Gasteiger partial charge in [0, 0.05) is 17.8 Å². The molecule has 3 nitrogen and oxygen atoms in total. The fourth-order valence-corrected chi connectivity index (χ4v) is 2.39. The number of thioether (sulfide) groups is 1. The molecule has 0 saturated carbocycles. The third-order valence-electron chi connectivity index (χ3n) is 2.04. The van der Waals surface area contributed by atoms with Crippen LogP contribution in [0.3, 0.4) is 0 Å². The number of rotatable bonds is 5. The summed E-state index contributed by atoms with van der Waals surface area (Å²) in [6, 6.07) is 5.90. The summed E-state index contributed by atoms with van der Waals surface area (Å²) in [4.78, 5) is 0. The summed E-state index contributed by atoms with van der Waals surface area (Å²) in [6.45, 7) is 0. The van der Waals surface area contributed by atoms with Crippen LogP contribution in [-0.4, -0.2) is 26.2 Å². The first kappa shape index (κ1) is 10.8. The van der Waals surface area contributed by atoms with E-state index in [0.29, 0.717) is 0 Å². The molecule has 0 N–H and O–H groups in total. The van der Waals surface area contributed by atoms with Crippen LogP contribution in [0.4, 0.5) is 0 Å². The van der Waals surface area contributed by atoms with E-state index in [2.05, 4.69) is 10.2 Å². The van der Waals surface area contributed by atoms with Crippen LogP contribution in [0.25, 0.3) is 5.65 Å². The van der Waals surface area contributed by atoms with Gasteiger partial charge in [0.1, 0.15) is 0 Å². The first-order chi connectivity index (χ1) is 7.42. The van der Waals surface area contributed by atoms with Crippen molar-refractivity contribution in [1.82, 2.24) is 14.6 Å². The van der Waals surface area contributed by atoms with Crippen molar-refractivity contribution < 1.29 is 0 Å². The summed E-state index contributed by atoms with van der Waals surface area (Å²) in [5.41, 5.74) is 0.900. The Balaban J connectivity index is 2.02. The molecule has 2 aromatic rings. The predicted octanol–water partition coefficient (Wildman–Crippen LogP) is 2.84. The van der Waals surface area contributed by atoms with Gasteiger partial charge in [-0.15, -0.1) is 21.8 Å². The van der Waals surface area contributed by atoms with Crippen molar-refractivity contribution in [3.05, 3.63) is 24.4 Å². The van der Waals surface area contributed by atoms with E-state index in [-0.39, 0.29) is 0 Å². The molecule has 0 aliphatic carbocycles.